The van der Waals surface area contributed by atoms with Gasteiger partial charge in [-0.3, -0.25) is 19.3 Å². The van der Waals surface area contributed by atoms with E-state index in [9.17, 15) is 14.4 Å². The summed E-state index contributed by atoms with van der Waals surface area (Å²) < 4.78 is 35.5. The molecular weight excluding hydrogens is 739 g/mol. The number of carbonyl (C=O) groups is 1. The van der Waals surface area contributed by atoms with Crippen molar-refractivity contribution in [2.75, 3.05) is 52.7 Å². The fourth-order valence-corrected chi connectivity index (χ4v) is 6.42. The number of aliphatic carboxylic acids is 1. The van der Waals surface area contributed by atoms with Crippen LogP contribution in [0.1, 0.15) is 11.1 Å². The van der Waals surface area contributed by atoms with Gasteiger partial charge in [0.1, 0.15) is 47.4 Å². The number of rotatable bonds is 20. The van der Waals surface area contributed by atoms with E-state index in [1.807, 2.05) is 97.1 Å². The zero-order valence-corrected chi connectivity index (χ0v) is 31.8. The van der Waals surface area contributed by atoms with Crippen LogP contribution in [-0.4, -0.2) is 68.7 Å². The van der Waals surface area contributed by atoms with Gasteiger partial charge in [0.2, 0.25) is 0 Å². The Bertz CT molecular complexity index is 2400. The lowest BCUT2D eigenvalue weighted by Crippen LogP contribution is -2.31. The highest BCUT2D eigenvalue weighted by atomic mass is 16.5. The van der Waals surface area contributed by atoms with Crippen LogP contribution in [0.5, 0.6) is 11.5 Å². The first-order valence-corrected chi connectivity index (χ1v) is 19.1. The summed E-state index contributed by atoms with van der Waals surface area (Å²) in [5, 5.41) is 10.2. The van der Waals surface area contributed by atoms with Gasteiger partial charge in [-0.15, -0.1) is 0 Å². The number of benzene rings is 5. The molecule has 0 fully saturated rings. The maximum Gasteiger partial charge on any atom is 0.307 e. The molecule has 5 aromatic carbocycles. The van der Waals surface area contributed by atoms with Crippen LogP contribution in [0, 0.1) is 0 Å². The van der Waals surface area contributed by atoms with Gasteiger partial charge in [0.25, 0.3) is 0 Å². The second-order valence-corrected chi connectivity index (χ2v) is 13.6. The highest BCUT2D eigenvalue weighted by Gasteiger charge is 2.11. The van der Waals surface area contributed by atoms with E-state index in [1.165, 1.54) is 12.1 Å². The zero-order valence-electron chi connectivity index (χ0n) is 31.8. The van der Waals surface area contributed by atoms with E-state index in [2.05, 4.69) is 4.90 Å². The normalized spacial score (nSPS) is 11.3. The van der Waals surface area contributed by atoms with Crippen molar-refractivity contribution in [1.82, 2.24) is 4.90 Å². The van der Waals surface area contributed by atoms with Crippen molar-refractivity contribution in [2.45, 2.75) is 13.0 Å². The molecule has 1 N–H and O–H groups in total. The topological polar surface area (TPSA) is 138 Å². The monoisotopic (exact) mass is 781 g/mol. The van der Waals surface area contributed by atoms with Crippen LogP contribution >= 0.6 is 0 Å². The molecule has 2 heterocycles. The number of carboxylic acids is 1. The predicted molar refractivity (Wildman–Crippen MR) is 222 cm³/mol. The third kappa shape index (κ3) is 10.9. The highest BCUT2D eigenvalue weighted by Crippen LogP contribution is 2.26. The molecule has 2 aromatic heterocycles. The lowest BCUT2D eigenvalue weighted by molar-refractivity contribution is -0.136. The Kier molecular flexibility index (Phi) is 13.4. The Morgan fingerprint density at radius 1 is 0.534 bits per heavy atom. The summed E-state index contributed by atoms with van der Waals surface area (Å²) in [5.74, 6) is 1.49. The zero-order chi connectivity index (χ0) is 40.1. The molecule has 0 saturated carbocycles. The average Bonchev–Trinajstić information content (AvgIpc) is 3.24. The second kappa shape index (κ2) is 19.6. The molecule has 11 heteroatoms. The maximum absolute atomic E-state index is 12.5. The molecular formula is C47H43NO10. The number of para-hydroxylation sites is 2. The Morgan fingerprint density at radius 2 is 0.983 bits per heavy atom. The number of hydrogen-bond donors (Lipinski definition) is 1. The predicted octanol–water partition coefficient (Wildman–Crippen LogP) is 7.85. The quantitative estimate of drug-likeness (QED) is 0.0757. The maximum atomic E-state index is 12.5. The summed E-state index contributed by atoms with van der Waals surface area (Å²) in [4.78, 5) is 38.4. The Balaban J connectivity index is 0.843. The fourth-order valence-electron chi connectivity index (χ4n) is 6.42. The van der Waals surface area contributed by atoms with Gasteiger partial charge in [0, 0.05) is 42.9 Å². The van der Waals surface area contributed by atoms with Gasteiger partial charge in [-0.1, -0.05) is 48.5 Å². The van der Waals surface area contributed by atoms with E-state index < -0.39 is 5.97 Å². The number of carboxylic acid groups (broad SMARTS) is 1. The highest BCUT2D eigenvalue weighted by molar-refractivity contribution is 5.79. The molecule has 0 spiro atoms. The minimum atomic E-state index is -0.863. The minimum Gasteiger partial charge on any atom is -0.491 e. The van der Waals surface area contributed by atoms with E-state index in [0.29, 0.717) is 104 Å². The lowest BCUT2D eigenvalue weighted by Gasteiger charge is -2.22. The van der Waals surface area contributed by atoms with Crippen molar-refractivity contribution >= 4 is 27.9 Å². The molecule has 7 rings (SSSR count). The van der Waals surface area contributed by atoms with E-state index >= 15 is 0 Å². The van der Waals surface area contributed by atoms with Gasteiger partial charge in [-0.05, 0) is 83.9 Å². The van der Waals surface area contributed by atoms with Crippen LogP contribution in [0.2, 0.25) is 0 Å². The van der Waals surface area contributed by atoms with Crippen LogP contribution in [0.25, 0.3) is 44.6 Å². The van der Waals surface area contributed by atoms with E-state index in [4.69, 9.17) is 32.9 Å². The van der Waals surface area contributed by atoms with Gasteiger partial charge >= 0.3 is 5.97 Å². The number of fused-ring (bicyclic) bond motifs is 2. The molecule has 11 nitrogen and oxygen atoms in total. The molecule has 0 atom stereocenters. The second-order valence-electron chi connectivity index (χ2n) is 13.6. The van der Waals surface area contributed by atoms with Crippen molar-refractivity contribution in [2.24, 2.45) is 0 Å². The summed E-state index contributed by atoms with van der Waals surface area (Å²) in [6.07, 6.45) is -0.0187. The molecule has 0 unspecified atom stereocenters. The molecule has 0 radical (unpaired) electrons. The van der Waals surface area contributed by atoms with Crippen molar-refractivity contribution in [3.63, 3.8) is 0 Å². The van der Waals surface area contributed by atoms with E-state index in [0.717, 1.165) is 22.3 Å². The first kappa shape index (κ1) is 39.7. The lowest BCUT2D eigenvalue weighted by atomic mass is 10.1. The van der Waals surface area contributed by atoms with Gasteiger partial charge < -0.3 is 32.9 Å². The SMILES string of the molecule is O=C(O)Cc1ccc(CN(CCOCCOc2ccc(-c3cc(=O)c4ccccc4o3)cc2)CCOCCOc2ccc(-c3cc(=O)c4ccccc4o3)cc2)cc1. The van der Waals surface area contributed by atoms with Gasteiger partial charge in [-0.25, -0.2) is 0 Å². The first-order valence-electron chi connectivity index (χ1n) is 19.1. The van der Waals surface area contributed by atoms with Crippen molar-refractivity contribution in [3.8, 4) is 34.1 Å². The van der Waals surface area contributed by atoms with Gasteiger partial charge in [-0.2, -0.15) is 0 Å². The van der Waals surface area contributed by atoms with E-state index in [-0.39, 0.29) is 17.3 Å². The summed E-state index contributed by atoms with van der Waals surface area (Å²) in [6, 6.07) is 39.7. The summed E-state index contributed by atoms with van der Waals surface area (Å²) >= 11 is 0. The Morgan fingerprint density at radius 3 is 1.45 bits per heavy atom. The molecule has 58 heavy (non-hydrogen) atoms. The standard InChI is InChI=1S/C47H43NO10/c49-41-30-45(57-43-7-3-1-5-39(41)43)35-13-17-37(18-14-35)55-27-25-53-23-21-48(32-34-11-9-33(10-12-34)29-47(51)52)22-24-54-26-28-56-38-19-15-36(16-20-38)46-31-42(50)40-6-2-4-8-44(40)58-46/h1-20,30-31H,21-29,32H2,(H,51,52). The van der Waals surface area contributed by atoms with Gasteiger partial charge in [0.05, 0.1) is 43.6 Å². The molecule has 7 aromatic rings. The molecule has 296 valence electrons. The van der Waals surface area contributed by atoms with Crippen molar-refractivity contribution in [3.05, 3.63) is 165 Å². The third-order valence-corrected chi connectivity index (χ3v) is 9.43. The third-order valence-electron chi connectivity index (χ3n) is 9.43. The average molecular weight is 782 g/mol. The largest absolute Gasteiger partial charge is 0.491 e. The molecule has 0 saturated heterocycles. The molecule has 0 aliphatic carbocycles. The first-order chi connectivity index (χ1) is 28.4. The van der Waals surface area contributed by atoms with Crippen LogP contribution in [0.3, 0.4) is 0 Å². The van der Waals surface area contributed by atoms with Crippen LogP contribution < -0.4 is 20.3 Å². The van der Waals surface area contributed by atoms with Crippen molar-refractivity contribution in [1.29, 1.82) is 0 Å². The summed E-state index contributed by atoms with van der Waals surface area (Å²) in [7, 11) is 0. The van der Waals surface area contributed by atoms with Crippen LogP contribution in [0.15, 0.2) is 152 Å². The molecule has 0 aliphatic heterocycles. The van der Waals surface area contributed by atoms with Crippen LogP contribution in [-0.2, 0) is 27.2 Å². The summed E-state index contributed by atoms with van der Waals surface area (Å²) in [6.45, 7) is 4.39. The van der Waals surface area contributed by atoms with Gasteiger partial charge in [0.15, 0.2) is 10.9 Å². The number of ether oxygens (including phenoxy) is 4. The van der Waals surface area contributed by atoms with Crippen LogP contribution in [0.4, 0.5) is 0 Å². The Labute approximate surface area is 334 Å². The smallest absolute Gasteiger partial charge is 0.307 e. The number of hydrogen-bond acceptors (Lipinski definition) is 10. The number of nitrogens with zero attached hydrogens (tertiary/aromatic N) is 1. The van der Waals surface area contributed by atoms with Crippen molar-refractivity contribution < 1.29 is 37.7 Å². The van der Waals surface area contributed by atoms with E-state index in [1.54, 1.807) is 24.3 Å². The minimum absolute atomic E-state index is 0.0187. The Hall–Kier alpha value is -6.53. The fraction of sp³-hybridized carbons (Fsp3) is 0.213. The molecule has 0 amide bonds. The molecule has 0 bridgehead atoms. The molecule has 0 aliphatic rings. The summed E-state index contributed by atoms with van der Waals surface area (Å²) in [5.41, 5.74) is 4.28.